The Balaban J connectivity index is 2.55. The summed E-state index contributed by atoms with van der Waals surface area (Å²) in [4.78, 5) is 11.8. The summed E-state index contributed by atoms with van der Waals surface area (Å²) in [6, 6.07) is 6.96. The zero-order chi connectivity index (χ0) is 20.0. The molecule has 0 fully saturated rings. The Labute approximate surface area is 156 Å². The summed E-state index contributed by atoms with van der Waals surface area (Å²) in [6.07, 6.45) is -0.176. The minimum Gasteiger partial charge on any atom is -0.497 e. The molecule has 0 aliphatic rings. The Morgan fingerprint density at radius 2 is 1.96 bits per heavy atom. The van der Waals surface area contributed by atoms with E-state index in [9.17, 15) is 13.2 Å². The van der Waals surface area contributed by atoms with Crippen molar-refractivity contribution in [1.29, 1.82) is 0 Å². The number of carbonyl (C=O) groups excluding carboxylic acids is 1. The van der Waals surface area contributed by atoms with Gasteiger partial charge in [-0.3, -0.25) is 0 Å². The van der Waals surface area contributed by atoms with Crippen LogP contribution in [0.25, 0.3) is 0 Å². The van der Waals surface area contributed by atoms with E-state index in [1.165, 1.54) is 11.4 Å². The van der Waals surface area contributed by atoms with E-state index in [1.807, 2.05) is 24.3 Å². The van der Waals surface area contributed by atoms with Gasteiger partial charge >= 0.3 is 6.09 Å². The highest BCUT2D eigenvalue weighted by Gasteiger charge is 2.22. The highest BCUT2D eigenvalue weighted by atomic mass is 32.2. The summed E-state index contributed by atoms with van der Waals surface area (Å²) in [5.41, 5.74) is 0.291. The number of rotatable bonds is 8. The van der Waals surface area contributed by atoms with Gasteiger partial charge in [0.2, 0.25) is 10.0 Å². The van der Waals surface area contributed by atoms with Crippen molar-refractivity contribution in [3.05, 3.63) is 29.8 Å². The zero-order valence-electron chi connectivity index (χ0n) is 16.4. The SMILES string of the molecule is COc1cccc(CCS(=O)(=O)N(C)CC(C)NC(=O)OC(C)(C)C)c1. The van der Waals surface area contributed by atoms with Crippen molar-refractivity contribution in [3.8, 4) is 5.75 Å². The molecule has 7 nitrogen and oxygen atoms in total. The van der Waals surface area contributed by atoms with Crippen molar-refractivity contribution in [3.63, 3.8) is 0 Å². The summed E-state index contributed by atoms with van der Waals surface area (Å²) in [6.45, 7) is 7.21. The predicted octanol–water partition coefficient (Wildman–Crippen LogP) is 2.41. The number of alkyl carbamates (subject to hydrolysis) is 1. The lowest BCUT2D eigenvalue weighted by Crippen LogP contribution is -2.45. The predicted molar refractivity (Wildman–Crippen MR) is 102 cm³/mol. The van der Waals surface area contributed by atoms with Gasteiger partial charge in [-0.1, -0.05) is 12.1 Å². The van der Waals surface area contributed by atoms with Gasteiger partial charge in [0, 0.05) is 19.6 Å². The lowest BCUT2D eigenvalue weighted by atomic mass is 10.2. The van der Waals surface area contributed by atoms with E-state index in [4.69, 9.17) is 9.47 Å². The first-order chi connectivity index (χ1) is 11.9. The van der Waals surface area contributed by atoms with E-state index >= 15 is 0 Å². The van der Waals surface area contributed by atoms with Gasteiger partial charge in [-0.05, 0) is 51.8 Å². The second-order valence-electron chi connectivity index (χ2n) is 7.25. The van der Waals surface area contributed by atoms with Crippen LogP contribution in [0, 0.1) is 0 Å². The third kappa shape index (κ3) is 8.05. The number of aryl methyl sites for hydroxylation is 1. The number of methoxy groups -OCH3 is 1. The average Bonchev–Trinajstić information content (AvgIpc) is 2.51. The summed E-state index contributed by atoms with van der Waals surface area (Å²) in [5.74, 6) is 0.680. The normalized spacial score (nSPS) is 13.3. The van der Waals surface area contributed by atoms with Gasteiger partial charge in [0.05, 0.1) is 12.9 Å². The number of benzene rings is 1. The first kappa shape index (κ1) is 22.2. The van der Waals surface area contributed by atoms with Crippen LogP contribution in [-0.4, -0.2) is 56.9 Å². The van der Waals surface area contributed by atoms with Crippen LogP contribution in [0.5, 0.6) is 5.75 Å². The minimum atomic E-state index is -3.44. The molecule has 0 spiro atoms. The molecule has 1 unspecified atom stereocenters. The number of nitrogens with one attached hydrogen (secondary N) is 1. The third-order valence-corrected chi connectivity index (χ3v) is 5.37. The fourth-order valence-electron chi connectivity index (χ4n) is 2.28. The van der Waals surface area contributed by atoms with Crippen LogP contribution >= 0.6 is 0 Å². The number of amides is 1. The quantitative estimate of drug-likeness (QED) is 0.742. The molecule has 0 aromatic heterocycles. The van der Waals surface area contributed by atoms with Gasteiger partial charge in [0.25, 0.3) is 0 Å². The van der Waals surface area contributed by atoms with Gasteiger partial charge in [0.1, 0.15) is 11.4 Å². The second kappa shape index (κ2) is 9.23. The van der Waals surface area contributed by atoms with E-state index < -0.39 is 21.7 Å². The monoisotopic (exact) mass is 386 g/mol. The Morgan fingerprint density at radius 3 is 2.54 bits per heavy atom. The minimum absolute atomic E-state index is 0.0180. The molecule has 0 saturated heterocycles. The number of hydrogen-bond acceptors (Lipinski definition) is 5. The molecule has 0 aliphatic heterocycles. The van der Waals surface area contributed by atoms with E-state index in [1.54, 1.807) is 34.8 Å². The molecule has 1 aromatic rings. The van der Waals surface area contributed by atoms with Crippen LogP contribution in [0.1, 0.15) is 33.3 Å². The molecule has 148 valence electrons. The van der Waals surface area contributed by atoms with Crippen LogP contribution < -0.4 is 10.1 Å². The molecule has 1 N–H and O–H groups in total. The molecule has 0 heterocycles. The smallest absolute Gasteiger partial charge is 0.407 e. The Morgan fingerprint density at radius 1 is 1.31 bits per heavy atom. The van der Waals surface area contributed by atoms with E-state index in [0.29, 0.717) is 12.2 Å². The van der Waals surface area contributed by atoms with Crippen molar-refractivity contribution < 1.29 is 22.7 Å². The lowest BCUT2D eigenvalue weighted by molar-refractivity contribution is 0.0504. The van der Waals surface area contributed by atoms with Crippen molar-refractivity contribution >= 4 is 16.1 Å². The van der Waals surface area contributed by atoms with E-state index in [-0.39, 0.29) is 18.3 Å². The lowest BCUT2D eigenvalue weighted by Gasteiger charge is -2.24. The van der Waals surface area contributed by atoms with Gasteiger partial charge in [-0.15, -0.1) is 0 Å². The number of nitrogens with zero attached hydrogens (tertiary/aromatic N) is 1. The Bertz CT molecular complexity index is 698. The maximum atomic E-state index is 12.5. The van der Waals surface area contributed by atoms with Crippen molar-refractivity contribution in [2.75, 3.05) is 26.5 Å². The Hall–Kier alpha value is -1.80. The summed E-state index contributed by atoms with van der Waals surface area (Å²) >= 11 is 0. The molecule has 0 radical (unpaired) electrons. The van der Waals surface area contributed by atoms with Crippen LogP contribution in [0.4, 0.5) is 4.79 Å². The molecular weight excluding hydrogens is 356 g/mol. The topological polar surface area (TPSA) is 84.9 Å². The Kier molecular flexibility index (Phi) is 7.89. The summed E-state index contributed by atoms with van der Waals surface area (Å²) in [5, 5.41) is 2.64. The molecule has 8 heteroatoms. The molecule has 0 bridgehead atoms. The van der Waals surface area contributed by atoms with Gasteiger partial charge < -0.3 is 14.8 Å². The highest BCUT2D eigenvalue weighted by Crippen LogP contribution is 2.14. The molecule has 1 rings (SSSR count). The van der Waals surface area contributed by atoms with Crippen LogP contribution in [0.3, 0.4) is 0 Å². The van der Waals surface area contributed by atoms with E-state index in [2.05, 4.69) is 5.32 Å². The fraction of sp³-hybridized carbons (Fsp3) is 0.611. The second-order valence-corrected chi connectivity index (χ2v) is 9.44. The zero-order valence-corrected chi connectivity index (χ0v) is 17.2. The molecule has 0 aliphatic carbocycles. The van der Waals surface area contributed by atoms with Crippen molar-refractivity contribution in [2.45, 2.75) is 45.8 Å². The molecule has 1 aromatic carbocycles. The third-order valence-electron chi connectivity index (χ3n) is 3.55. The molecule has 26 heavy (non-hydrogen) atoms. The van der Waals surface area contributed by atoms with E-state index in [0.717, 1.165) is 5.56 Å². The number of ether oxygens (including phenoxy) is 2. The van der Waals surface area contributed by atoms with Gasteiger partial charge in [-0.25, -0.2) is 17.5 Å². The number of likely N-dealkylation sites (N-methyl/N-ethyl adjacent to an activating group) is 1. The van der Waals surface area contributed by atoms with Gasteiger partial charge in [-0.2, -0.15) is 0 Å². The molecule has 1 atom stereocenters. The van der Waals surface area contributed by atoms with Gasteiger partial charge in [0.15, 0.2) is 0 Å². The summed E-state index contributed by atoms with van der Waals surface area (Å²) < 4.78 is 36.5. The number of sulfonamides is 1. The van der Waals surface area contributed by atoms with Crippen LogP contribution in [0.15, 0.2) is 24.3 Å². The van der Waals surface area contributed by atoms with Crippen LogP contribution in [0.2, 0.25) is 0 Å². The first-order valence-electron chi connectivity index (χ1n) is 8.49. The largest absolute Gasteiger partial charge is 0.497 e. The standard InChI is InChI=1S/C18H30N2O5S/c1-14(19-17(21)25-18(2,3)4)13-20(5)26(22,23)11-10-15-8-7-9-16(12-15)24-6/h7-9,12,14H,10-11,13H2,1-6H3,(H,19,21). The maximum Gasteiger partial charge on any atom is 0.407 e. The molecular formula is C18H30N2O5S. The summed E-state index contributed by atoms with van der Waals surface area (Å²) in [7, 11) is -0.363. The van der Waals surface area contributed by atoms with Crippen LogP contribution in [-0.2, 0) is 21.2 Å². The molecule has 1 amide bonds. The average molecular weight is 387 g/mol. The number of carbonyl (C=O) groups is 1. The number of hydrogen-bond donors (Lipinski definition) is 1. The maximum absolute atomic E-state index is 12.5. The highest BCUT2D eigenvalue weighted by molar-refractivity contribution is 7.89. The fourth-order valence-corrected chi connectivity index (χ4v) is 3.54. The molecule has 0 saturated carbocycles. The van der Waals surface area contributed by atoms with Crippen molar-refractivity contribution in [2.24, 2.45) is 0 Å². The van der Waals surface area contributed by atoms with Crippen molar-refractivity contribution in [1.82, 2.24) is 9.62 Å². The first-order valence-corrected chi connectivity index (χ1v) is 10.1.